The molecule has 6 fully saturated rings. The first-order valence-electron chi connectivity index (χ1n) is 13.2. The van der Waals surface area contributed by atoms with Gasteiger partial charge in [-0.05, 0) is 31.7 Å². The molecule has 9 heteroatoms. The lowest BCUT2D eigenvalue weighted by atomic mass is 9.42. The number of rotatable bonds is 6. The van der Waals surface area contributed by atoms with Crippen molar-refractivity contribution in [2.24, 2.45) is 34.5 Å². The van der Waals surface area contributed by atoms with Crippen molar-refractivity contribution < 1.29 is 39.1 Å². The predicted octanol–water partition coefficient (Wildman–Crippen LogP) is 0.188. The van der Waals surface area contributed by atoms with Gasteiger partial charge in [-0.1, -0.05) is 6.92 Å². The number of likely N-dealkylation sites (tertiary alicyclic amines) is 1. The Balaban J connectivity index is 1.65. The smallest absolute Gasteiger partial charge is 0.302 e. The summed E-state index contributed by atoms with van der Waals surface area (Å²) in [6, 6.07) is -0.478. The molecule has 1 spiro atoms. The molecular weight excluding hydrogens is 454 g/mol. The Kier molecular flexibility index (Phi) is 5.34. The van der Waals surface area contributed by atoms with E-state index in [1.54, 1.807) is 21.3 Å². The van der Waals surface area contributed by atoms with E-state index in [0.29, 0.717) is 39.0 Å². The highest BCUT2D eigenvalue weighted by Gasteiger charge is 2.91. The van der Waals surface area contributed by atoms with Gasteiger partial charge in [0.1, 0.15) is 17.3 Å². The second kappa shape index (κ2) is 7.62. The molecule has 0 aromatic carbocycles. The quantitative estimate of drug-likeness (QED) is 0.444. The molecule has 0 radical (unpaired) electrons. The summed E-state index contributed by atoms with van der Waals surface area (Å²) in [7, 11) is 4.93. The third kappa shape index (κ3) is 2.43. The largest absolute Gasteiger partial charge is 0.462 e. The van der Waals surface area contributed by atoms with E-state index in [1.807, 2.05) is 0 Å². The average Bonchev–Trinajstić information content (AvgIpc) is 3.19. The molecule has 1 saturated heterocycles. The zero-order chi connectivity index (χ0) is 25.1. The zero-order valence-electron chi connectivity index (χ0n) is 21.5. The Bertz CT molecular complexity index is 903. The molecule has 9 nitrogen and oxygen atoms in total. The number of carbonyl (C=O) groups is 1. The van der Waals surface area contributed by atoms with Crippen LogP contribution >= 0.6 is 0 Å². The van der Waals surface area contributed by atoms with Crippen molar-refractivity contribution in [2.75, 3.05) is 41.0 Å². The minimum absolute atomic E-state index is 0.0570. The van der Waals surface area contributed by atoms with Crippen molar-refractivity contribution in [3.63, 3.8) is 0 Å². The van der Waals surface area contributed by atoms with E-state index in [0.717, 1.165) is 6.42 Å². The fourth-order valence-electron chi connectivity index (χ4n) is 11.1. The molecule has 1 heterocycles. The number of aliphatic hydroxyl groups excluding tert-OH is 2. The highest BCUT2D eigenvalue weighted by Crippen LogP contribution is 2.80. The van der Waals surface area contributed by atoms with Gasteiger partial charge in [-0.25, -0.2) is 0 Å². The number of aliphatic hydroxyl groups is 3. The van der Waals surface area contributed by atoms with Gasteiger partial charge in [0.15, 0.2) is 0 Å². The number of likely N-dealkylation sites (N-methyl/N-ethyl adjacent to an activating group) is 1. The molecule has 13 atom stereocenters. The molecule has 0 amide bonds. The van der Waals surface area contributed by atoms with Gasteiger partial charge in [-0.2, -0.15) is 0 Å². The Morgan fingerprint density at radius 2 is 1.94 bits per heavy atom. The van der Waals surface area contributed by atoms with Crippen molar-refractivity contribution in [3.05, 3.63) is 0 Å². The number of piperidine rings is 1. The number of esters is 1. The van der Waals surface area contributed by atoms with Crippen LogP contribution in [0.1, 0.15) is 39.5 Å². The van der Waals surface area contributed by atoms with Gasteiger partial charge < -0.3 is 34.3 Å². The molecule has 5 saturated carbocycles. The molecule has 0 aromatic heterocycles. The predicted molar refractivity (Wildman–Crippen MR) is 123 cm³/mol. The Morgan fingerprint density at radius 1 is 1.20 bits per heavy atom. The van der Waals surface area contributed by atoms with E-state index in [9.17, 15) is 20.1 Å². The van der Waals surface area contributed by atoms with Crippen LogP contribution in [0.5, 0.6) is 0 Å². The van der Waals surface area contributed by atoms with Gasteiger partial charge in [-0.15, -0.1) is 0 Å². The summed E-state index contributed by atoms with van der Waals surface area (Å²) >= 11 is 0. The van der Waals surface area contributed by atoms with Crippen molar-refractivity contribution in [2.45, 2.75) is 81.2 Å². The van der Waals surface area contributed by atoms with E-state index in [-0.39, 0.29) is 35.7 Å². The molecule has 0 aromatic rings. The Labute approximate surface area is 207 Å². The molecule has 1 aliphatic heterocycles. The summed E-state index contributed by atoms with van der Waals surface area (Å²) in [4.78, 5) is 14.6. The van der Waals surface area contributed by atoms with Crippen LogP contribution < -0.4 is 0 Å². The van der Waals surface area contributed by atoms with Crippen LogP contribution in [0, 0.1) is 34.5 Å². The molecule has 7 bridgehead atoms. The lowest BCUT2D eigenvalue weighted by molar-refractivity contribution is -0.324. The van der Waals surface area contributed by atoms with Gasteiger partial charge >= 0.3 is 5.97 Å². The highest BCUT2D eigenvalue weighted by atomic mass is 16.6. The minimum atomic E-state index is -1.67. The van der Waals surface area contributed by atoms with Crippen molar-refractivity contribution in [1.82, 2.24) is 4.90 Å². The van der Waals surface area contributed by atoms with E-state index >= 15 is 0 Å². The number of carbonyl (C=O) groups excluding carboxylic acids is 1. The van der Waals surface area contributed by atoms with Gasteiger partial charge in [0.2, 0.25) is 0 Å². The van der Waals surface area contributed by atoms with Crippen LogP contribution in [0.4, 0.5) is 0 Å². The highest BCUT2D eigenvalue weighted by molar-refractivity contribution is 5.66. The number of fused-ring (bicyclic) bond motifs is 2. The monoisotopic (exact) mass is 495 g/mol. The molecule has 5 aliphatic carbocycles. The summed E-state index contributed by atoms with van der Waals surface area (Å²) in [5, 5.41) is 37.2. The fraction of sp³-hybridized carbons (Fsp3) is 0.962. The van der Waals surface area contributed by atoms with Crippen LogP contribution in [0.2, 0.25) is 0 Å². The summed E-state index contributed by atoms with van der Waals surface area (Å²) in [5.41, 5.74) is -4.02. The van der Waals surface area contributed by atoms with E-state index < -0.39 is 46.4 Å². The maximum atomic E-state index is 13.0. The lowest BCUT2D eigenvalue weighted by Gasteiger charge is -2.70. The Hall–Kier alpha value is -0.810. The van der Waals surface area contributed by atoms with Crippen LogP contribution in [0.15, 0.2) is 0 Å². The van der Waals surface area contributed by atoms with Crippen LogP contribution in [-0.2, 0) is 23.7 Å². The van der Waals surface area contributed by atoms with E-state index in [2.05, 4.69) is 11.8 Å². The van der Waals surface area contributed by atoms with Crippen LogP contribution in [0.3, 0.4) is 0 Å². The summed E-state index contributed by atoms with van der Waals surface area (Å²) in [6.45, 7) is 5.31. The third-order valence-electron chi connectivity index (χ3n) is 11.6. The number of nitrogens with zero attached hydrogens (tertiary/aromatic N) is 1. The van der Waals surface area contributed by atoms with Crippen molar-refractivity contribution in [3.8, 4) is 0 Å². The fourth-order valence-corrected chi connectivity index (χ4v) is 11.1. The number of hydrogen-bond acceptors (Lipinski definition) is 9. The standard InChI is InChI=1S/C26H41NO8/c1-6-27-11-23(12-32-3)8-7-17(29)25-15-9-14-16(33-4)10-24(34-5,18(15)19(14)35-13(2)28)26(31,22(25)27)21(30)20(23)25/h14-22,29-31H,6-12H2,1-5H3/t14-,15-,16+,17+,18-,19+,20-,21+,22+,23+,24-,25+,26-/m1/s1. The van der Waals surface area contributed by atoms with Crippen LogP contribution in [0.25, 0.3) is 0 Å². The van der Waals surface area contributed by atoms with Gasteiger partial charge in [0.05, 0.1) is 31.0 Å². The SMILES string of the molecule is CCN1C[C@]2(COC)CC[C@H](O)[C@@]34[C@@H]5C[C@H]6[C@H](OC(C)=O)[C@@H]5[C@](OC)(C[C@@H]6OC)[C@@](O)([C@@H](O)[C@H]23)[C@@H]14. The molecule has 6 rings (SSSR count). The zero-order valence-corrected chi connectivity index (χ0v) is 21.5. The molecule has 198 valence electrons. The number of hydrogen-bond donors (Lipinski definition) is 3. The number of ether oxygens (including phenoxy) is 4. The molecule has 35 heavy (non-hydrogen) atoms. The van der Waals surface area contributed by atoms with Crippen molar-refractivity contribution >= 4 is 5.97 Å². The third-order valence-corrected chi connectivity index (χ3v) is 11.6. The molecule has 0 unspecified atom stereocenters. The lowest BCUT2D eigenvalue weighted by Crippen LogP contribution is -2.82. The second-order valence-corrected chi connectivity index (χ2v) is 12.2. The molecule has 3 N–H and O–H groups in total. The van der Waals surface area contributed by atoms with E-state index in [4.69, 9.17) is 18.9 Å². The first-order valence-corrected chi connectivity index (χ1v) is 13.2. The van der Waals surface area contributed by atoms with Gasteiger partial charge in [0.25, 0.3) is 0 Å². The number of methoxy groups -OCH3 is 3. The average molecular weight is 496 g/mol. The van der Waals surface area contributed by atoms with Gasteiger partial charge in [-0.3, -0.25) is 9.69 Å². The first-order chi connectivity index (χ1) is 16.6. The Morgan fingerprint density at radius 3 is 2.54 bits per heavy atom. The normalized spacial score (nSPS) is 57.9. The summed E-state index contributed by atoms with van der Waals surface area (Å²) in [5.74, 6) is -1.24. The second-order valence-electron chi connectivity index (χ2n) is 12.2. The summed E-state index contributed by atoms with van der Waals surface area (Å²) in [6.07, 6.45) is -0.207. The molecule has 6 aliphatic rings. The maximum absolute atomic E-state index is 13.0. The first kappa shape index (κ1) is 24.5. The maximum Gasteiger partial charge on any atom is 0.302 e. The molecular formula is C26H41NO8. The van der Waals surface area contributed by atoms with Gasteiger partial charge in [0, 0.05) is 69.8 Å². The summed E-state index contributed by atoms with van der Waals surface area (Å²) < 4.78 is 24.1. The van der Waals surface area contributed by atoms with E-state index in [1.165, 1.54) is 6.92 Å². The van der Waals surface area contributed by atoms with Crippen LogP contribution in [-0.4, -0.2) is 109 Å². The minimum Gasteiger partial charge on any atom is -0.462 e. The topological polar surface area (TPSA) is 118 Å². The van der Waals surface area contributed by atoms with Crippen molar-refractivity contribution in [1.29, 1.82) is 0 Å².